The Morgan fingerprint density at radius 2 is 1.82 bits per heavy atom. The molecule has 0 unspecified atom stereocenters. The number of benzene rings is 1. The van der Waals surface area contributed by atoms with Crippen molar-refractivity contribution in [2.24, 2.45) is 0 Å². The van der Waals surface area contributed by atoms with Gasteiger partial charge in [-0.1, -0.05) is 22.0 Å². The van der Waals surface area contributed by atoms with Crippen molar-refractivity contribution in [3.8, 4) is 0 Å². The number of ether oxygens (including phenoxy) is 1. The minimum atomic E-state index is -0.473. The van der Waals surface area contributed by atoms with Crippen LogP contribution in [0, 0.1) is 0 Å². The van der Waals surface area contributed by atoms with Crippen LogP contribution in [0.25, 0.3) is 0 Å². The first-order valence-electron chi connectivity index (χ1n) is 6.75. The van der Waals surface area contributed by atoms with E-state index in [4.69, 9.17) is 4.74 Å². The molecule has 0 aliphatic rings. The quantitative estimate of drug-likeness (QED) is 0.712. The zero-order valence-corrected chi connectivity index (χ0v) is 14.4. The van der Waals surface area contributed by atoms with Crippen molar-refractivity contribution in [2.75, 3.05) is 33.8 Å². The van der Waals surface area contributed by atoms with Gasteiger partial charge < -0.3 is 14.5 Å². The van der Waals surface area contributed by atoms with Gasteiger partial charge in [-0.2, -0.15) is 0 Å². The van der Waals surface area contributed by atoms with Gasteiger partial charge in [-0.3, -0.25) is 14.4 Å². The van der Waals surface area contributed by atoms with Crippen LogP contribution in [-0.4, -0.2) is 61.4 Å². The average molecular weight is 371 g/mol. The van der Waals surface area contributed by atoms with Crippen LogP contribution in [0.2, 0.25) is 0 Å². The van der Waals surface area contributed by atoms with E-state index in [9.17, 15) is 14.4 Å². The fraction of sp³-hybridized carbons (Fsp3) is 0.400. The number of esters is 1. The van der Waals surface area contributed by atoms with Gasteiger partial charge in [-0.15, -0.1) is 0 Å². The Hall–Kier alpha value is -1.89. The number of likely N-dealkylation sites (N-methyl/N-ethyl adjacent to an activating group) is 2. The molecule has 0 aromatic heterocycles. The molecule has 22 heavy (non-hydrogen) atoms. The normalized spacial score (nSPS) is 10.0. The predicted molar refractivity (Wildman–Crippen MR) is 85.4 cm³/mol. The molecule has 0 radical (unpaired) electrons. The van der Waals surface area contributed by atoms with Crippen molar-refractivity contribution >= 4 is 33.7 Å². The molecule has 0 fully saturated rings. The molecule has 6 nitrogen and oxygen atoms in total. The van der Waals surface area contributed by atoms with E-state index in [1.54, 1.807) is 32.2 Å². The Labute approximate surface area is 138 Å². The van der Waals surface area contributed by atoms with E-state index in [-0.39, 0.29) is 31.5 Å². The Morgan fingerprint density at radius 3 is 2.41 bits per heavy atom. The molecule has 1 aromatic rings. The van der Waals surface area contributed by atoms with E-state index >= 15 is 0 Å². The first kappa shape index (κ1) is 18.2. The molecule has 120 valence electrons. The Balaban J connectivity index is 2.59. The van der Waals surface area contributed by atoms with Crippen LogP contribution < -0.4 is 0 Å². The van der Waals surface area contributed by atoms with Gasteiger partial charge in [0.25, 0.3) is 5.91 Å². The highest BCUT2D eigenvalue weighted by atomic mass is 79.9. The zero-order chi connectivity index (χ0) is 16.7. The third kappa shape index (κ3) is 5.48. The fourth-order valence-electron chi connectivity index (χ4n) is 1.73. The number of amides is 2. The Morgan fingerprint density at radius 1 is 1.14 bits per heavy atom. The van der Waals surface area contributed by atoms with Crippen molar-refractivity contribution in [2.45, 2.75) is 6.92 Å². The Kier molecular flexibility index (Phi) is 7.04. The third-order valence-electron chi connectivity index (χ3n) is 2.89. The van der Waals surface area contributed by atoms with Gasteiger partial charge in [0.1, 0.15) is 6.54 Å². The van der Waals surface area contributed by atoms with Gasteiger partial charge >= 0.3 is 5.97 Å². The maximum atomic E-state index is 12.2. The Bertz CT molecular complexity index is 562. The van der Waals surface area contributed by atoms with Crippen LogP contribution in [0.15, 0.2) is 28.7 Å². The maximum absolute atomic E-state index is 12.2. The van der Waals surface area contributed by atoms with E-state index < -0.39 is 5.97 Å². The summed E-state index contributed by atoms with van der Waals surface area (Å²) in [6.07, 6.45) is 0. The maximum Gasteiger partial charge on any atom is 0.325 e. The molecule has 2 amide bonds. The van der Waals surface area contributed by atoms with Gasteiger partial charge in [-0.25, -0.2) is 0 Å². The number of halogens is 1. The molecule has 0 spiro atoms. The lowest BCUT2D eigenvalue weighted by Gasteiger charge is -2.21. The van der Waals surface area contributed by atoms with Crippen LogP contribution in [0.4, 0.5) is 0 Å². The van der Waals surface area contributed by atoms with Crippen molar-refractivity contribution < 1.29 is 19.1 Å². The van der Waals surface area contributed by atoms with Gasteiger partial charge in [0, 0.05) is 24.1 Å². The van der Waals surface area contributed by atoms with Crippen LogP contribution in [0.5, 0.6) is 0 Å². The lowest BCUT2D eigenvalue weighted by molar-refractivity contribution is -0.148. The molecule has 0 saturated heterocycles. The summed E-state index contributed by atoms with van der Waals surface area (Å²) in [4.78, 5) is 38.1. The average Bonchev–Trinajstić information content (AvgIpc) is 2.46. The van der Waals surface area contributed by atoms with Crippen molar-refractivity contribution in [1.82, 2.24) is 9.80 Å². The van der Waals surface area contributed by atoms with Gasteiger partial charge in [0.2, 0.25) is 5.91 Å². The SMILES string of the molecule is CCOC(=O)CN(C)C(=O)CN(C)C(=O)c1cccc(Br)c1. The molecule has 0 aliphatic carbocycles. The predicted octanol–water partition coefficient (Wildman–Crippen LogP) is 1.54. The molecule has 0 aliphatic heterocycles. The van der Waals surface area contributed by atoms with Gasteiger partial charge in [-0.05, 0) is 25.1 Å². The largest absolute Gasteiger partial charge is 0.465 e. The summed E-state index contributed by atoms with van der Waals surface area (Å²) in [7, 11) is 3.04. The van der Waals surface area contributed by atoms with Crippen molar-refractivity contribution in [3.05, 3.63) is 34.3 Å². The minimum Gasteiger partial charge on any atom is -0.465 e. The van der Waals surface area contributed by atoms with E-state index in [0.29, 0.717) is 5.56 Å². The summed E-state index contributed by atoms with van der Waals surface area (Å²) in [5, 5.41) is 0. The highest BCUT2D eigenvalue weighted by Crippen LogP contribution is 2.13. The second-order valence-electron chi connectivity index (χ2n) is 4.73. The molecule has 0 N–H and O–H groups in total. The molecular formula is C15H19BrN2O4. The van der Waals surface area contributed by atoms with Gasteiger partial charge in [0.05, 0.1) is 13.2 Å². The second-order valence-corrected chi connectivity index (χ2v) is 5.64. The number of nitrogens with zero attached hydrogens (tertiary/aromatic N) is 2. The number of carbonyl (C=O) groups is 3. The molecule has 0 atom stereocenters. The number of carbonyl (C=O) groups excluding carboxylic acids is 3. The van der Waals surface area contributed by atoms with Crippen LogP contribution in [0.3, 0.4) is 0 Å². The number of hydrogen-bond donors (Lipinski definition) is 0. The van der Waals surface area contributed by atoms with Crippen molar-refractivity contribution in [3.63, 3.8) is 0 Å². The second kappa shape index (κ2) is 8.53. The molecule has 0 heterocycles. The van der Waals surface area contributed by atoms with E-state index in [1.807, 2.05) is 6.07 Å². The van der Waals surface area contributed by atoms with Crippen molar-refractivity contribution in [1.29, 1.82) is 0 Å². The standard InChI is InChI=1S/C15H19BrN2O4/c1-4-22-14(20)10-17(2)13(19)9-18(3)15(21)11-6-5-7-12(16)8-11/h5-8H,4,9-10H2,1-3H3. The van der Waals surface area contributed by atoms with E-state index in [2.05, 4.69) is 15.9 Å². The lowest BCUT2D eigenvalue weighted by Crippen LogP contribution is -2.41. The summed E-state index contributed by atoms with van der Waals surface area (Å²) < 4.78 is 5.57. The molecular weight excluding hydrogens is 352 g/mol. The molecule has 7 heteroatoms. The first-order chi connectivity index (χ1) is 10.3. The smallest absolute Gasteiger partial charge is 0.325 e. The minimum absolute atomic E-state index is 0.110. The number of rotatable bonds is 6. The number of hydrogen-bond acceptors (Lipinski definition) is 4. The summed E-state index contributed by atoms with van der Waals surface area (Å²) in [6.45, 7) is 1.72. The summed E-state index contributed by atoms with van der Waals surface area (Å²) in [6, 6.07) is 6.93. The van der Waals surface area contributed by atoms with Crippen LogP contribution in [0.1, 0.15) is 17.3 Å². The lowest BCUT2D eigenvalue weighted by atomic mass is 10.2. The van der Waals surface area contributed by atoms with E-state index in [0.717, 1.165) is 4.47 Å². The third-order valence-corrected chi connectivity index (χ3v) is 3.38. The topological polar surface area (TPSA) is 66.9 Å². The molecule has 1 rings (SSSR count). The molecule has 0 bridgehead atoms. The van der Waals surface area contributed by atoms with Crippen LogP contribution in [-0.2, 0) is 14.3 Å². The highest BCUT2D eigenvalue weighted by Gasteiger charge is 2.19. The molecule has 1 aromatic carbocycles. The fourth-order valence-corrected chi connectivity index (χ4v) is 2.12. The van der Waals surface area contributed by atoms with Gasteiger partial charge in [0.15, 0.2) is 0 Å². The highest BCUT2D eigenvalue weighted by molar-refractivity contribution is 9.10. The first-order valence-corrected chi connectivity index (χ1v) is 7.55. The molecule has 0 saturated carbocycles. The summed E-state index contributed by atoms with van der Waals surface area (Å²) in [5.74, 6) is -1.07. The zero-order valence-electron chi connectivity index (χ0n) is 12.8. The van der Waals surface area contributed by atoms with E-state index in [1.165, 1.54) is 16.8 Å². The summed E-state index contributed by atoms with van der Waals surface area (Å²) >= 11 is 3.30. The summed E-state index contributed by atoms with van der Waals surface area (Å²) in [5.41, 5.74) is 0.484. The monoisotopic (exact) mass is 370 g/mol. The van der Waals surface area contributed by atoms with Crippen LogP contribution >= 0.6 is 15.9 Å².